The Labute approximate surface area is 114 Å². The number of sulfonamides is 1. The van der Waals surface area contributed by atoms with Gasteiger partial charge in [-0.05, 0) is 44.0 Å². The van der Waals surface area contributed by atoms with E-state index in [2.05, 4.69) is 4.72 Å². The maximum atomic E-state index is 12.0. The average Bonchev–Trinajstić information content (AvgIpc) is 3.20. The molecule has 0 saturated heterocycles. The summed E-state index contributed by atoms with van der Waals surface area (Å²) in [4.78, 5) is 2.35. The van der Waals surface area contributed by atoms with E-state index in [4.69, 9.17) is 5.73 Å². The molecule has 1 fully saturated rings. The Hall–Kier alpha value is -1.11. The molecule has 0 amide bonds. The molecular formula is C13H21N3O2S. The van der Waals surface area contributed by atoms with Crippen LogP contribution < -0.4 is 15.4 Å². The lowest BCUT2D eigenvalue weighted by Crippen LogP contribution is -2.35. The molecule has 0 aromatic heterocycles. The van der Waals surface area contributed by atoms with Gasteiger partial charge in [-0.2, -0.15) is 0 Å². The van der Waals surface area contributed by atoms with Crippen LogP contribution >= 0.6 is 0 Å². The molecular weight excluding hydrogens is 262 g/mol. The molecule has 0 aliphatic heterocycles. The molecule has 1 aromatic carbocycles. The van der Waals surface area contributed by atoms with Gasteiger partial charge in [0, 0.05) is 31.4 Å². The molecule has 5 nitrogen and oxygen atoms in total. The Morgan fingerprint density at radius 2 is 1.95 bits per heavy atom. The molecule has 106 valence electrons. The average molecular weight is 283 g/mol. The normalized spacial score (nSPS) is 17.2. The maximum Gasteiger partial charge on any atom is 0.240 e. The molecule has 0 radical (unpaired) electrons. The number of nitrogens with two attached hydrogens (primary N) is 1. The monoisotopic (exact) mass is 283 g/mol. The van der Waals surface area contributed by atoms with Crippen molar-refractivity contribution < 1.29 is 8.42 Å². The highest BCUT2D eigenvalue weighted by atomic mass is 32.2. The molecule has 3 N–H and O–H groups in total. The second kappa shape index (κ2) is 5.48. The highest BCUT2D eigenvalue weighted by Gasteiger charge is 2.27. The molecule has 1 saturated carbocycles. The van der Waals surface area contributed by atoms with Crippen molar-refractivity contribution in [1.29, 1.82) is 0 Å². The largest absolute Gasteiger partial charge is 0.371 e. The van der Waals surface area contributed by atoms with E-state index in [1.807, 2.05) is 31.0 Å². The number of nitrogens with zero attached hydrogens (tertiary/aromatic N) is 1. The summed E-state index contributed by atoms with van der Waals surface area (Å²) in [5.41, 5.74) is 6.59. The van der Waals surface area contributed by atoms with Crippen LogP contribution in [0.1, 0.15) is 19.8 Å². The lowest BCUT2D eigenvalue weighted by Gasteiger charge is -2.25. The van der Waals surface area contributed by atoms with Gasteiger partial charge in [0.2, 0.25) is 10.0 Å². The quantitative estimate of drug-likeness (QED) is 0.814. The summed E-state index contributed by atoms with van der Waals surface area (Å²) >= 11 is 0. The van der Waals surface area contributed by atoms with Crippen LogP contribution in [-0.2, 0) is 10.0 Å². The van der Waals surface area contributed by atoms with E-state index >= 15 is 0 Å². The lowest BCUT2D eigenvalue weighted by atomic mass is 10.2. The van der Waals surface area contributed by atoms with E-state index in [1.165, 1.54) is 0 Å². The molecule has 1 unspecified atom stereocenters. The predicted molar refractivity (Wildman–Crippen MR) is 76.7 cm³/mol. The molecule has 0 spiro atoms. The molecule has 0 heterocycles. The Kier molecular flexibility index (Phi) is 4.13. The summed E-state index contributed by atoms with van der Waals surface area (Å²) in [6, 6.07) is 7.25. The van der Waals surface area contributed by atoms with Crippen molar-refractivity contribution in [1.82, 2.24) is 4.72 Å². The number of rotatable bonds is 6. The number of likely N-dealkylation sites (N-methyl/N-ethyl adjacent to an activating group) is 1. The van der Waals surface area contributed by atoms with Crippen LogP contribution in [0.4, 0.5) is 5.69 Å². The Morgan fingerprint density at radius 1 is 1.37 bits per heavy atom. The summed E-state index contributed by atoms with van der Waals surface area (Å²) in [7, 11) is -1.41. The minimum Gasteiger partial charge on any atom is -0.371 e. The molecule has 1 aromatic rings. The molecule has 1 aliphatic rings. The molecule has 0 bridgehead atoms. The summed E-state index contributed by atoms with van der Waals surface area (Å²) in [6.07, 6.45) is 1.88. The molecule has 1 aliphatic carbocycles. The number of hydrogen-bond donors (Lipinski definition) is 2. The topological polar surface area (TPSA) is 75.4 Å². The first-order chi connectivity index (χ1) is 8.94. The first-order valence-corrected chi connectivity index (χ1v) is 7.97. The van der Waals surface area contributed by atoms with Gasteiger partial charge in [-0.15, -0.1) is 0 Å². The fourth-order valence-electron chi connectivity index (χ4n) is 1.76. The molecule has 19 heavy (non-hydrogen) atoms. The lowest BCUT2D eigenvalue weighted by molar-refractivity contribution is 0.581. The molecule has 6 heteroatoms. The summed E-state index contributed by atoms with van der Waals surface area (Å²) in [6.45, 7) is 2.58. The van der Waals surface area contributed by atoms with Crippen molar-refractivity contribution in [3.8, 4) is 0 Å². The van der Waals surface area contributed by atoms with Crippen LogP contribution in [0.15, 0.2) is 29.2 Å². The molecule has 2 rings (SSSR count). The van der Waals surface area contributed by atoms with Gasteiger partial charge in [-0.1, -0.05) is 0 Å². The summed E-state index contributed by atoms with van der Waals surface area (Å²) in [5, 5.41) is 0. The third-order valence-electron chi connectivity index (χ3n) is 3.46. The fraction of sp³-hybridized carbons (Fsp3) is 0.538. The van der Waals surface area contributed by atoms with Gasteiger partial charge in [0.05, 0.1) is 4.90 Å². The van der Waals surface area contributed by atoms with Crippen molar-refractivity contribution >= 4 is 15.7 Å². The first-order valence-electron chi connectivity index (χ1n) is 6.49. The smallest absolute Gasteiger partial charge is 0.240 e. The minimum absolute atomic E-state index is 0.129. The van der Waals surface area contributed by atoms with Crippen LogP contribution in [0.3, 0.4) is 0 Å². The van der Waals surface area contributed by atoms with Crippen molar-refractivity contribution in [3.63, 3.8) is 0 Å². The maximum absolute atomic E-state index is 12.0. The summed E-state index contributed by atoms with van der Waals surface area (Å²) in [5.74, 6) is 0. The number of anilines is 1. The van der Waals surface area contributed by atoms with Crippen LogP contribution in [-0.4, -0.2) is 34.1 Å². The van der Waals surface area contributed by atoms with Crippen molar-refractivity contribution in [2.24, 2.45) is 5.73 Å². The van der Waals surface area contributed by atoms with E-state index in [1.54, 1.807) is 12.1 Å². The Balaban J connectivity index is 2.13. The van der Waals surface area contributed by atoms with Crippen molar-refractivity contribution in [2.75, 3.05) is 18.5 Å². The van der Waals surface area contributed by atoms with Crippen molar-refractivity contribution in [3.05, 3.63) is 24.3 Å². The highest BCUT2D eigenvalue weighted by molar-refractivity contribution is 7.89. The van der Waals surface area contributed by atoms with Crippen molar-refractivity contribution in [2.45, 2.75) is 36.7 Å². The standard InChI is InChI=1S/C13H21N3O2S/c1-10(9-14)16(2)12-5-7-13(8-6-12)19(17,18)15-11-3-4-11/h5-8,10-11,15H,3-4,9,14H2,1-2H3. The SMILES string of the molecule is CC(CN)N(C)c1ccc(S(=O)(=O)NC2CC2)cc1. The number of nitrogens with one attached hydrogen (secondary N) is 1. The van der Waals surface area contributed by atoms with Gasteiger partial charge in [0.25, 0.3) is 0 Å². The van der Waals surface area contributed by atoms with E-state index in [0.29, 0.717) is 11.4 Å². The fourth-order valence-corrected chi connectivity index (χ4v) is 3.07. The number of hydrogen-bond acceptors (Lipinski definition) is 4. The second-order valence-corrected chi connectivity index (χ2v) is 6.80. The third-order valence-corrected chi connectivity index (χ3v) is 4.99. The minimum atomic E-state index is -3.36. The van der Waals surface area contributed by atoms with Gasteiger partial charge >= 0.3 is 0 Å². The zero-order valence-corrected chi connectivity index (χ0v) is 12.2. The van der Waals surface area contributed by atoms with E-state index in [0.717, 1.165) is 18.5 Å². The van der Waals surface area contributed by atoms with Crippen LogP contribution in [0.2, 0.25) is 0 Å². The predicted octanol–water partition coefficient (Wildman–Crippen LogP) is 0.911. The Morgan fingerprint density at radius 3 is 2.42 bits per heavy atom. The van der Waals surface area contributed by atoms with E-state index in [9.17, 15) is 8.42 Å². The van der Waals surface area contributed by atoms with Gasteiger partial charge in [0.1, 0.15) is 0 Å². The van der Waals surface area contributed by atoms with E-state index < -0.39 is 10.0 Å². The van der Waals surface area contributed by atoms with Gasteiger partial charge in [0.15, 0.2) is 0 Å². The van der Waals surface area contributed by atoms with E-state index in [-0.39, 0.29) is 12.1 Å². The summed E-state index contributed by atoms with van der Waals surface area (Å²) < 4.78 is 26.7. The number of benzene rings is 1. The first kappa shape index (κ1) is 14.3. The van der Waals surface area contributed by atoms with Gasteiger partial charge in [-0.25, -0.2) is 13.1 Å². The zero-order valence-electron chi connectivity index (χ0n) is 11.3. The third kappa shape index (κ3) is 3.46. The highest BCUT2D eigenvalue weighted by Crippen LogP contribution is 2.23. The Bertz CT molecular complexity index is 523. The molecule has 1 atom stereocenters. The van der Waals surface area contributed by atoms with Gasteiger partial charge < -0.3 is 10.6 Å². The van der Waals surface area contributed by atoms with Crippen LogP contribution in [0.25, 0.3) is 0 Å². The van der Waals surface area contributed by atoms with Gasteiger partial charge in [-0.3, -0.25) is 0 Å². The van der Waals surface area contributed by atoms with Crippen LogP contribution in [0, 0.1) is 0 Å². The zero-order chi connectivity index (χ0) is 14.0. The second-order valence-electron chi connectivity index (χ2n) is 5.09. The van der Waals surface area contributed by atoms with Crippen LogP contribution in [0.5, 0.6) is 0 Å².